The summed E-state index contributed by atoms with van der Waals surface area (Å²) >= 11 is 0. The first-order valence-electron chi connectivity index (χ1n) is 16.7. The van der Waals surface area contributed by atoms with Crippen LogP contribution in [-0.2, 0) is 9.53 Å². The van der Waals surface area contributed by atoms with Crippen LogP contribution in [0, 0.1) is 5.92 Å². The Morgan fingerprint density at radius 1 is 0.727 bits per heavy atom. The lowest BCUT2D eigenvalue weighted by Crippen LogP contribution is -2.44. The van der Waals surface area contributed by atoms with Gasteiger partial charge >= 0.3 is 12.1 Å². The smallest absolute Gasteiger partial charge is 0.494 e. The molecule has 3 rings (SSSR count). The van der Waals surface area contributed by atoms with Gasteiger partial charge in [-0.05, 0) is 67.8 Å². The van der Waals surface area contributed by atoms with E-state index in [1.165, 1.54) is 44.9 Å². The molecule has 1 unspecified atom stereocenters. The van der Waals surface area contributed by atoms with Crippen molar-refractivity contribution in [2.24, 2.45) is 5.92 Å². The highest BCUT2D eigenvalue weighted by atomic mass is 16.7. The predicted octanol–water partition coefficient (Wildman–Crippen LogP) is 8.76. The van der Waals surface area contributed by atoms with Crippen LogP contribution in [0.15, 0.2) is 48.5 Å². The van der Waals surface area contributed by atoms with Crippen LogP contribution in [0.1, 0.15) is 115 Å². The van der Waals surface area contributed by atoms with E-state index in [-0.39, 0.29) is 23.7 Å². The molecule has 0 bridgehead atoms. The second kappa shape index (κ2) is 19.7. The molecule has 0 aromatic heterocycles. The number of likely N-dealkylation sites (tertiary alicyclic amines) is 1. The Kier molecular flexibility index (Phi) is 15.6. The van der Waals surface area contributed by atoms with Crippen LogP contribution in [-0.4, -0.2) is 48.7 Å². The number of piperidine rings is 1. The fourth-order valence-electron chi connectivity index (χ4n) is 5.41. The van der Waals surface area contributed by atoms with Crippen molar-refractivity contribution < 1.29 is 33.3 Å². The van der Waals surface area contributed by atoms with Gasteiger partial charge in [0.2, 0.25) is 5.91 Å². The maximum Gasteiger partial charge on any atom is 0.514 e. The van der Waals surface area contributed by atoms with Gasteiger partial charge in [-0.15, -0.1) is 0 Å². The van der Waals surface area contributed by atoms with Crippen molar-refractivity contribution in [1.82, 2.24) is 4.90 Å². The van der Waals surface area contributed by atoms with Crippen LogP contribution in [0.3, 0.4) is 0 Å². The fourth-order valence-corrected chi connectivity index (χ4v) is 5.41. The zero-order chi connectivity index (χ0) is 31.6. The summed E-state index contributed by atoms with van der Waals surface area (Å²) in [6, 6.07) is 13.1. The van der Waals surface area contributed by atoms with Crippen LogP contribution in [0.25, 0.3) is 0 Å². The average molecular weight is 610 g/mol. The highest BCUT2D eigenvalue weighted by Gasteiger charge is 2.29. The van der Waals surface area contributed by atoms with E-state index in [1.807, 2.05) is 11.8 Å². The van der Waals surface area contributed by atoms with E-state index in [2.05, 4.69) is 13.8 Å². The summed E-state index contributed by atoms with van der Waals surface area (Å²) in [7, 11) is 0. The van der Waals surface area contributed by atoms with Gasteiger partial charge in [-0.25, -0.2) is 9.59 Å². The van der Waals surface area contributed by atoms with Gasteiger partial charge in [0.25, 0.3) is 0 Å². The normalized spacial score (nSPS) is 14.1. The number of hydrogen-bond acceptors (Lipinski definition) is 7. The lowest BCUT2D eigenvalue weighted by atomic mass is 9.97. The fraction of sp³-hybridized carbons (Fsp3) is 0.583. The first-order valence-corrected chi connectivity index (χ1v) is 16.7. The van der Waals surface area contributed by atoms with Crippen molar-refractivity contribution in [3.05, 3.63) is 54.1 Å². The standard InChI is InChI=1S/C36H51NO7/c1-4-7-8-9-10-11-12-13-27-41-30-17-15-29(16-18-30)35(39)42-31-19-21-32(22-20-31)43-36(40)44-33-23-25-37(26-24-33)34(38)28(6-3)14-5-2/h15-22,28,33H,4-14,23-27H2,1-3H3. The maximum atomic E-state index is 12.7. The van der Waals surface area contributed by atoms with Gasteiger partial charge in [-0.2, -0.15) is 0 Å². The van der Waals surface area contributed by atoms with Gasteiger partial charge in [-0.1, -0.05) is 72.1 Å². The first kappa shape index (κ1) is 34.9. The summed E-state index contributed by atoms with van der Waals surface area (Å²) in [5.74, 6) is 1.12. The van der Waals surface area contributed by atoms with Gasteiger partial charge in [0.1, 0.15) is 23.4 Å². The van der Waals surface area contributed by atoms with Crippen molar-refractivity contribution in [1.29, 1.82) is 0 Å². The van der Waals surface area contributed by atoms with E-state index in [1.54, 1.807) is 48.5 Å². The Morgan fingerprint density at radius 2 is 1.30 bits per heavy atom. The summed E-state index contributed by atoms with van der Waals surface area (Å²) in [5, 5.41) is 0. The summed E-state index contributed by atoms with van der Waals surface area (Å²) in [4.78, 5) is 39.6. The molecule has 1 atom stereocenters. The van der Waals surface area contributed by atoms with Crippen molar-refractivity contribution in [2.75, 3.05) is 19.7 Å². The van der Waals surface area contributed by atoms with Crippen molar-refractivity contribution in [2.45, 2.75) is 110 Å². The zero-order valence-corrected chi connectivity index (χ0v) is 26.9. The molecule has 8 nitrogen and oxygen atoms in total. The third-order valence-corrected chi connectivity index (χ3v) is 8.09. The Bertz CT molecular complexity index is 1120. The molecular weight excluding hydrogens is 558 g/mol. The maximum absolute atomic E-state index is 12.7. The van der Waals surface area contributed by atoms with Gasteiger partial charge in [0.05, 0.1) is 12.2 Å². The number of unbranched alkanes of at least 4 members (excludes halogenated alkanes) is 7. The lowest BCUT2D eigenvalue weighted by molar-refractivity contribution is -0.138. The number of carbonyl (C=O) groups is 3. The molecule has 1 heterocycles. The van der Waals surface area contributed by atoms with Crippen molar-refractivity contribution >= 4 is 18.0 Å². The molecule has 0 saturated carbocycles. The van der Waals surface area contributed by atoms with Gasteiger partial charge < -0.3 is 23.8 Å². The molecule has 0 spiro atoms. The van der Waals surface area contributed by atoms with Crippen molar-refractivity contribution in [3.63, 3.8) is 0 Å². The molecule has 1 aliphatic rings. The van der Waals surface area contributed by atoms with Gasteiger partial charge in [0, 0.05) is 31.8 Å². The Morgan fingerprint density at radius 3 is 1.89 bits per heavy atom. The van der Waals surface area contributed by atoms with Crippen LogP contribution >= 0.6 is 0 Å². The van der Waals surface area contributed by atoms with E-state index in [0.29, 0.717) is 43.9 Å². The minimum Gasteiger partial charge on any atom is -0.494 e. The zero-order valence-electron chi connectivity index (χ0n) is 26.9. The number of esters is 1. The summed E-state index contributed by atoms with van der Waals surface area (Å²) in [6.07, 6.45) is 12.8. The largest absolute Gasteiger partial charge is 0.514 e. The molecule has 242 valence electrons. The van der Waals surface area contributed by atoms with E-state index < -0.39 is 12.1 Å². The van der Waals surface area contributed by atoms with E-state index in [4.69, 9.17) is 18.9 Å². The molecule has 44 heavy (non-hydrogen) atoms. The molecule has 2 aromatic carbocycles. The molecule has 0 aliphatic carbocycles. The van der Waals surface area contributed by atoms with Crippen LogP contribution in [0.4, 0.5) is 4.79 Å². The molecule has 1 aliphatic heterocycles. The second-order valence-electron chi connectivity index (χ2n) is 11.6. The molecular formula is C36H51NO7. The van der Waals surface area contributed by atoms with Gasteiger partial charge in [0.15, 0.2) is 0 Å². The SMILES string of the molecule is CCCCCCCCCCOc1ccc(C(=O)Oc2ccc(OC(=O)OC3CCN(C(=O)C(CC)CCC)CC3)cc2)cc1. The average Bonchev–Trinajstić information content (AvgIpc) is 3.04. The number of nitrogens with zero attached hydrogens (tertiary/aromatic N) is 1. The number of rotatable bonds is 18. The third kappa shape index (κ3) is 12.2. The summed E-state index contributed by atoms with van der Waals surface area (Å²) in [5.41, 5.74) is 0.414. The molecule has 1 amide bonds. The number of ether oxygens (including phenoxy) is 4. The van der Waals surface area contributed by atoms with Crippen LogP contribution < -0.4 is 14.2 Å². The number of amides is 1. The van der Waals surface area contributed by atoms with Crippen molar-refractivity contribution in [3.8, 4) is 17.2 Å². The van der Waals surface area contributed by atoms with Gasteiger partial charge in [-0.3, -0.25) is 4.79 Å². The second-order valence-corrected chi connectivity index (χ2v) is 11.6. The topological polar surface area (TPSA) is 91.4 Å². The number of benzene rings is 2. The number of carbonyl (C=O) groups excluding carboxylic acids is 3. The Balaban J connectivity index is 1.33. The predicted molar refractivity (Wildman–Crippen MR) is 171 cm³/mol. The molecule has 0 N–H and O–H groups in total. The highest BCUT2D eigenvalue weighted by molar-refractivity contribution is 5.91. The Labute approximate surface area is 263 Å². The number of hydrogen-bond donors (Lipinski definition) is 0. The minimum atomic E-state index is -0.790. The van der Waals surface area contributed by atoms with Crippen LogP contribution in [0.2, 0.25) is 0 Å². The summed E-state index contributed by atoms with van der Waals surface area (Å²) < 4.78 is 22.1. The molecule has 2 aromatic rings. The molecule has 8 heteroatoms. The van der Waals surface area contributed by atoms with E-state index in [9.17, 15) is 14.4 Å². The quantitative estimate of drug-likeness (QED) is 0.0722. The molecule has 1 fully saturated rings. The molecule has 1 saturated heterocycles. The van der Waals surface area contributed by atoms with E-state index >= 15 is 0 Å². The summed E-state index contributed by atoms with van der Waals surface area (Å²) in [6.45, 7) is 8.19. The highest BCUT2D eigenvalue weighted by Crippen LogP contribution is 2.23. The lowest BCUT2D eigenvalue weighted by Gasteiger charge is -2.33. The third-order valence-electron chi connectivity index (χ3n) is 8.09. The molecule has 0 radical (unpaired) electrons. The minimum absolute atomic E-state index is 0.0686. The monoisotopic (exact) mass is 609 g/mol. The first-order chi connectivity index (χ1) is 21.4. The van der Waals surface area contributed by atoms with E-state index in [0.717, 1.165) is 31.4 Å². The Hall–Kier alpha value is -3.55. The van der Waals surface area contributed by atoms with Crippen LogP contribution in [0.5, 0.6) is 17.2 Å².